The molecule has 1 atom stereocenters. The van der Waals surface area contributed by atoms with Gasteiger partial charge in [0.2, 0.25) is 5.95 Å². The number of nitrogen functional groups attached to an aromatic ring is 1. The summed E-state index contributed by atoms with van der Waals surface area (Å²) in [5.41, 5.74) is 6.76. The quantitative estimate of drug-likeness (QED) is 0.226. The number of aryl methyl sites for hydroxylation is 2. The summed E-state index contributed by atoms with van der Waals surface area (Å²) < 4.78 is 14.5. The molecule has 0 aliphatic carbocycles. The molecule has 0 fully saturated rings. The van der Waals surface area contributed by atoms with E-state index in [4.69, 9.17) is 15.9 Å². The number of fused-ring (bicyclic) bond motifs is 1. The number of nitrogens with zero attached hydrogens (tertiary/aromatic N) is 1. The normalized spacial score (nSPS) is 11.9. The first-order valence-corrected chi connectivity index (χ1v) is 10.6. The third-order valence-electron chi connectivity index (χ3n) is 5.28. The molecule has 1 amide bonds. The van der Waals surface area contributed by atoms with E-state index in [0.29, 0.717) is 42.3 Å². The molecule has 0 saturated carbocycles. The van der Waals surface area contributed by atoms with Gasteiger partial charge in [-0.05, 0) is 55.9 Å². The maximum Gasteiger partial charge on any atom is 0.326 e. The molecule has 34 heavy (non-hydrogen) atoms. The number of H-pyrrole nitrogens is 2. The van der Waals surface area contributed by atoms with Gasteiger partial charge < -0.3 is 26.2 Å². The van der Waals surface area contributed by atoms with Crippen LogP contribution in [0.25, 0.3) is 11.0 Å². The predicted molar refractivity (Wildman–Crippen MR) is 120 cm³/mol. The van der Waals surface area contributed by atoms with Crippen LogP contribution in [0.3, 0.4) is 0 Å². The van der Waals surface area contributed by atoms with Gasteiger partial charge in [0.25, 0.3) is 11.5 Å². The smallest absolute Gasteiger partial charge is 0.326 e. The Morgan fingerprint density at radius 3 is 2.53 bits per heavy atom. The van der Waals surface area contributed by atoms with Crippen molar-refractivity contribution >= 4 is 34.8 Å². The lowest BCUT2D eigenvalue weighted by Gasteiger charge is -2.14. The molecule has 180 valence electrons. The monoisotopic (exact) mass is 473 g/mol. The predicted octanol–water partition coefficient (Wildman–Crippen LogP) is 1.59. The van der Waals surface area contributed by atoms with Crippen molar-refractivity contribution in [2.75, 3.05) is 5.73 Å². The van der Waals surface area contributed by atoms with Crippen molar-refractivity contribution in [3.05, 3.63) is 57.3 Å². The van der Waals surface area contributed by atoms with Crippen LogP contribution in [0, 0.1) is 5.82 Å². The fourth-order valence-corrected chi connectivity index (χ4v) is 3.52. The summed E-state index contributed by atoms with van der Waals surface area (Å²) in [6, 6.07) is 4.20. The van der Waals surface area contributed by atoms with Gasteiger partial charge in [0.15, 0.2) is 0 Å². The molecule has 12 heteroatoms. The van der Waals surface area contributed by atoms with Crippen LogP contribution in [0.4, 0.5) is 10.3 Å². The molecule has 2 aromatic heterocycles. The number of benzene rings is 1. The number of aromatic amines is 2. The third kappa shape index (κ3) is 6.18. The number of anilines is 1. The number of unbranched alkanes of at least 4 members (excludes halogenated alkanes) is 1. The van der Waals surface area contributed by atoms with Crippen molar-refractivity contribution in [2.45, 2.75) is 44.6 Å². The highest BCUT2D eigenvalue weighted by atomic mass is 19.1. The van der Waals surface area contributed by atoms with Gasteiger partial charge in [-0.3, -0.25) is 19.4 Å². The minimum atomic E-state index is -1.39. The zero-order chi connectivity index (χ0) is 24.8. The Balaban J connectivity index is 1.54. The Hall–Kier alpha value is -4.22. The number of nitrogens with one attached hydrogen (secondary N) is 3. The van der Waals surface area contributed by atoms with Crippen LogP contribution in [0.2, 0.25) is 0 Å². The van der Waals surface area contributed by atoms with Crippen LogP contribution < -0.4 is 16.6 Å². The summed E-state index contributed by atoms with van der Waals surface area (Å²) in [6.07, 6.45) is 1.65. The van der Waals surface area contributed by atoms with E-state index in [1.807, 2.05) is 0 Å². The number of carboxylic acids is 2. The molecular formula is C22H24FN5O6. The van der Waals surface area contributed by atoms with E-state index in [2.05, 4.69) is 20.3 Å². The number of halogens is 1. The number of hydrogen-bond acceptors (Lipinski definition) is 6. The molecule has 3 aromatic rings. The number of hydrogen-bond donors (Lipinski definition) is 6. The summed E-state index contributed by atoms with van der Waals surface area (Å²) in [5.74, 6) is -3.92. The van der Waals surface area contributed by atoms with Crippen LogP contribution in [-0.2, 0) is 22.4 Å². The van der Waals surface area contributed by atoms with E-state index in [0.717, 1.165) is 11.8 Å². The second kappa shape index (κ2) is 10.6. The van der Waals surface area contributed by atoms with Gasteiger partial charge in [-0.15, -0.1) is 0 Å². The van der Waals surface area contributed by atoms with Crippen LogP contribution in [0.5, 0.6) is 0 Å². The average Bonchev–Trinajstić information content (AvgIpc) is 3.17. The topological polar surface area (TPSA) is 191 Å². The third-order valence-corrected chi connectivity index (χ3v) is 5.28. The fraction of sp³-hybridized carbons (Fsp3) is 0.318. The maximum absolute atomic E-state index is 14.5. The molecular weight excluding hydrogens is 449 g/mol. The van der Waals surface area contributed by atoms with Crippen molar-refractivity contribution in [2.24, 2.45) is 0 Å². The van der Waals surface area contributed by atoms with Gasteiger partial charge in [-0.2, -0.15) is 4.98 Å². The molecule has 11 nitrogen and oxygen atoms in total. The largest absolute Gasteiger partial charge is 0.481 e. The van der Waals surface area contributed by atoms with Crippen LogP contribution in [-0.4, -0.2) is 49.1 Å². The summed E-state index contributed by atoms with van der Waals surface area (Å²) >= 11 is 0. The molecule has 2 heterocycles. The van der Waals surface area contributed by atoms with Gasteiger partial charge >= 0.3 is 11.9 Å². The Morgan fingerprint density at radius 2 is 1.85 bits per heavy atom. The van der Waals surface area contributed by atoms with Crippen LogP contribution in [0.15, 0.2) is 29.1 Å². The number of aromatic nitrogens is 3. The van der Waals surface area contributed by atoms with E-state index in [9.17, 15) is 23.6 Å². The number of carboxylic acid groups (broad SMARTS) is 2. The highest BCUT2D eigenvalue weighted by Crippen LogP contribution is 2.16. The Morgan fingerprint density at radius 1 is 1.12 bits per heavy atom. The lowest BCUT2D eigenvalue weighted by Crippen LogP contribution is -2.41. The number of nitrogens with two attached hydrogens (primary N) is 1. The van der Waals surface area contributed by atoms with Crippen molar-refractivity contribution in [1.82, 2.24) is 20.3 Å². The Kier molecular flexibility index (Phi) is 7.61. The first-order valence-electron chi connectivity index (χ1n) is 10.6. The summed E-state index contributed by atoms with van der Waals surface area (Å²) in [5, 5.41) is 20.5. The summed E-state index contributed by atoms with van der Waals surface area (Å²) in [6.45, 7) is 0. The van der Waals surface area contributed by atoms with E-state index in [-0.39, 0.29) is 23.5 Å². The van der Waals surface area contributed by atoms with Crippen molar-refractivity contribution in [3.8, 4) is 0 Å². The van der Waals surface area contributed by atoms with Gasteiger partial charge in [0, 0.05) is 17.7 Å². The van der Waals surface area contributed by atoms with E-state index < -0.39 is 36.1 Å². The SMILES string of the molecule is Nc1nc2[nH]c(CCCCc3ccc(C(=O)N[C@@H](CCC(=O)O)C(=O)O)cc3F)cc2c(=O)[nH]1. The fourth-order valence-electron chi connectivity index (χ4n) is 3.52. The molecule has 0 radical (unpaired) electrons. The van der Waals surface area contributed by atoms with Gasteiger partial charge in [0.1, 0.15) is 17.5 Å². The first kappa shape index (κ1) is 24.4. The highest BCUT2D eigenvalue weighted by molar-refractivity contribution is 5.96. The lowest BCUT2D eigenvalue weighted by molar-refractivity contribution is -0.140. The standard InChI is InChI=1S/C22H24FN5O6/c23-15-9-12(19(31)26-16(21(33)34)7-8-17(29)30)6-5-11(15)3-1-2-4-13-10-14-18(25-13)27-22(24)28-20(14)32/h5-6,9-10,16H,1-4,7-8H2,(H,26,31)(H,29,30)(H,33,34)(H4,24,25,27,28,32)/t16-/m0/s1. The molecule has 0 spiro atoms. The van der Waals surface area contributed by atoms with Gasteiger partial charge in [-0.1, -0.05) is 6.07 Å². The second-order valence-corrected chi connectivity index (χ2v) is 7.82. The number of aliphatic carboxylic acids is 2. The zero-order valence-corrected chi connectivity index (χ0v) is 18.1. The molecule has 0 aliphatic rings. The number of amides is 1. The Labute approximate surface area is 192 Å². The van der Waals surface area contributed by atoms with E-state index >= 15 is 0 Å². The lowest BCUT2D eigenvalue weighted by atomic mass is 10.0. The van der Waals surface area contributed by atoms with Crippen molar-refractivity contribution in [1.29, 1.82) is 0 Å². The maximum atomic E-state index is 14.5. The van der Waals surface area contributed by atoms with Crippen LogP contribution >= 0.6 is 0 Å². The molecule has 1 aromatic carbocycles. The molecule has 0 saturated heterocycles. The van der Waals surface area contributed by atoms with Crippen molar-refractivity contribution < 1.29 is 29.0 Å². The average molecular weight is 473 g/mol. The highest BCUT2D eigenvalue weighted by Gasteiger charge is 2.22. The van der Waals surface area contributed by atoms with Crippen LogP contribution in [0.1, 0.15) is 47.3 Å². The summed E-state index contributed by atoms with van der Waals surface area (Å²) in [7, 11) is 0. The molecule has 0 aliphatic heterocycles. The minimum Gasteiger partial charge on any atom is -0.481 e. The Bertz CT molecular complexity index is 1280. The van der Waals surface area contributed by atoms with Crippen molar-refractivity contribution in [3.63, 3.8) is 0 Å². The first-order chi connectivity index (χ1) is 16.1. The number of carbonyl (C=O) groups excluding carboxylic acids is 1. The van der Waals surface area contributed by atoms with Gasteiger partial charge in [-0.25, -0.2) is 9.18 Å². The number of carbonyl (C=O) groups is 3. The second-order valence-electron chi connectivity index (χ2n) is 7.82. The zero-order valence-electron chi connectivity index (χ0n) is 18.1. The minimum absolute atomic E-state index is 0.0252. The number of rotatable bonds is 11. The van der Waals surface area contributed by atoms with E-state index in [1.54, 1.807) is 6.07 Å². The molecule has 3 rings (SSSR count). The molecule has 0 unspecified atom stereocenters. The van der Waals surface area contributed by atoms with Gasteiger partial charge in [0.05, 0.1) is 5.39 Å². The van der Waals surface area contributed by atoms with E-state index in [1.165, 1.54) is 12.1 Å². The molecule has 0 bridgehead atoms. The molecule has 7 N–H and O–H groups in total. The summed E-state index contributed by atoms with van der Waals surface area (Å²) in [4.78, 5) is 55.5.